The zero-order valence-corrected chi connectivity index (χ0v) is 10.9. The van der Waals surface area contributed by atoms with E-state index in [4.69, 9.17) is 11.5 Å². The summed E-state index contributed by atoms with van der Waals surface area (Å²) < 4.78 is 0. The van der Waals surface area contributed by atoms with Crippen LogP contribution in [-0.2, 0) is 6.54 Å². The van der Waals surface area contributed by atoms with Crippen molar-refractivity contribution in [2.24, 2.45) is 0 Å². The van der Waals surface area contributed by atoms with E-state index in [9.17, 15) is 4.79 Å². The number of carbonyl (C=O) groups is 1. The number of amides is 1. The van der Waals surface area contributed by atoms with Crippen LogP contribution in [0.3, 0.4) is 0 Å². The third-order valence-electron chi connectivity index (χ3n) is 2.70. The lowest BCUT2D eigenvalue weighted by Crippen LogP contribution is -2.21. The average molecular weight is 246 g/mol. The summed E-state index contributed by atoms with van der Waals surface area (Å²) in [5.41, 5.74) is 4.24. The van der Waals surface area contributed by atoms with Gasteiger partial charge < -0.3 is 15.3 Å². The molecule has 1 aromatic carbocycles. The van der Waals surface area contributed by atoms with E-state index in [0.717, 1.165) is 22.4 Å². The molecule has 0 aliphatic heterocycles. The summed E-state index contributed by atoms with van der Waals surface area (Å²) in [7, 11) is 1.95. The predicted molar refractivity (Wildman–Crippen MR) is 72.9 cm³/mol. The molecule has 0 fully saturated rings. The van der Waals surface area contributed by atoms with Crippen LogP contribution in [0, 0.1) is 26.2 Å². The van der Waals surface area contributed by atoms with E-state index in [2.05, 4.69) is 11.2 Å². The summed E-state index contributed by atoms with van der Waals surface area (Å²) in [4.78, 5) is 12.5. The summed E-state index contributed by atoms with van der Waals surface area (Å²) in [6, 6.07) is 3.95. The van der Waals surface area contributed by atoms with Gasteiger partial charge in [0, 0.05) is 19.3 Å². The van der Waals surface area contributed by atoms with Crippen molar-refractivity contribution in [3.63, 3.8) is 0 Å². The van der Waals surface area contributed by atoms with Crippen molar-refractivity contribution in [3.8, 4) is 12.3 Å². The van der Waals surface area contributed by atoms with Crippen LogP contribution in [0.2, 0.25) is 0 Å². The molecule has 0 radical (unpaired) electrons. The number of carboxylic acid groups (broad SMARTS) is 1. The minimum Gasteiger partial charge on any atom is -0.465 e. The van der Waals surface area contributed by atoms with Crippen molar-refractivity contribution in [3.05, 3.63) is 28.8 Å². The van der Waals surface area contributed by atoms with E-state index in [1.54, 1.807) is 0 Å². The van der Waals surface area contributed by atoms with Gasteiger partial charge in [-0.1, -0.05) is 18.1 Å². The predicted octanol–water partition coefficient (Wildman–Crippen LogP) is 2.14. The van der Waals surface area contributed by atoms with Crippen molar-refractivity contribution in [1.82, 2.24) is 5.32 Å². The van der Waals surface area contributed by atoms with Gasteiger partial charge in [0.05, 0.1) is 6.54 Å². The fourth-order valence-electron chi connectivity index (χ4n) is 2.14. The second-order valence-corrected chi connectivity index (χ2v) is 4.30. The highest BCUT2D eigenvalue weighted by atomic mass is 16.4. The van der Waals surface area contributed by atoms with E-state index >= 15 is 0 Å². The molecule has 1 rings (SSSR count). The molecule has 1 aromatic rings. The van der Waals surface area contributed by atoms with Crippen molar-refractivity contribution in [1.29, 1.82) is 0 Å². The molecule has 18 heavy (non-hydrogen) atoms. The van der Waals surface area contributed by atoms with E-state index in [1.807, 2.05) is 37.9 Å². The number of benzene rings is 1. The van der Waals surface area contributed by atoms with Crippen molar-refractivity contribution >= 4 is 11.8 Å². The lowest BCUT2D eigenvalue weighted by atomic mass is 10.0. The quantitative estimate of drug-likeness (QED) is 0.800. The van der Waals surface area contributed by atoms with Gasteiger partial charge in [-0.15, -0.1) is 6.42 Å². The molecule has 0 heterocycles. The minimum atomic E-state index is -1.01. The highest BCUT2D eigenvalue weighted by Crippen LogP contribution is 2.25. The van der Waals surface area contributed by atoms with Gasteiger partial charge in [-0.05, 0) is 30.5 Å². The fraction of sp³-hybridized carbons (Fsp3) is 0.357. The van der Waals surface area contributed by atoms with Gasteiger partial charge >= 0.3 is 6.09 Å². The SMILES string of the molecule is C#CCN(C)c1c(C)cc(CNC(=O)O)cc1C. The average Bonchev–Trinajstić information content (AvgIpc) is 2.25. The molecule has 0 atom stereocenters. The lowest BCUT2D eigenvalue weighted by Gasteiger charge is -2.22. The number of terminal acetylenes is 1. The maximum Gasteiger partial charge on any atom is 0.404 e. The summed E-state index contributed by atoms with van der Waals surface area (Å²) >= 11 is 0. The fourth-order valence-corrected chi connectivity index (χ4v) is 2.14. The molecule has 96 valence electrons. The van der Waals surface area contributed by atoms with Crippen molar-refractivity contribution < 1.29 is 9.90 Å². The number of aryl methyl sites for hydroxylation is 2. The topological polar surface area (TPSA) is 52.6 Å². The zero-order valence-electron chi connectivity index (χ0n) is 10.9. The summed E-state index contributed by atoms with van der Waals surface area (Å²) in [5.74, 6) is 2.61. The first-order valence-corrected chi connectivity index (χ1v) is 5.67. The first-order valence-electron chi connectivity index (χ1n) is 5.67. The maximum absolute atomic E-state index is 10.5. The number of hydrogen-bond acceptors (Lipinski definition) is 2. The molecular weight excluding hydrogens is 228 g/mol. The molecule has 0 saturated heterocycles. The molecule has 4 heteroatoms. The first-order chi connectivity index (χ1) is 8.45. The van der Waals surface area contributed by atoms with E-state index < -0.39 is 6.09 Å². The van der Waals surface area contributed by atoms with Crippen LogP contribution in [0.5, 0.6) is 0 Å². The van der Waals surface area contributed by atoms with Crippen LogP contribution < -0.4 is 10.2 Å². The van der Waals surface area contributed by atoms with Gasteiger partial charge in [-0.3, -0.25) is 0 Å². The zero-order chi connectivity index (χ0) is 13.7. The monoisotopic (exact) mass is 246 g/mol. The Labute approximate surface area is 108 Å². The van der Waals surface area contributed by atoms with Crippen LogP contribution in [0.4, 0.5) is 10.5 Å². The highest BCUT2D eigenvalue weighted by Gasteiger charge is 2.09. The van der Waals surface area contributed by atoms with Crippen molar-refractivity contribution in [2.75, 3.05) is 18.5 Å². The maximum atomic E-state index is 10.5. The molecule has 0 saturated carbocycles. The summed E-state index contributed by atoms with van der Waals surface area (Å²) in [6.07, 6.45) is 4.30. The molecule has 4 nitrogen and oxygen atoms in total. The van der Waals surface area contributed by atoms with E-state index in [0.29, 0.717) is 13.1 Å². The Kier molecular flexibility index (Phi) is 4.61. The highest BCUT2D eigenvalue weighted by molar-refractivity contribution is 5.65. The minimum absolute atomic E-state index is 0.316. The number of hydrogen-bond donors (Lipinski definition) is 2. The normalized spacial score (nSPS) is 9.67. The largest absolute Gasteiger partial charge is 0.465 e. The van der Waals surface area contributed by atoms with Crippen LogP contribution in [0.25, 0.3) is 0 Å². The molecule has 0 aliphatic carbocycles. The smallest absolute Gasteiger partial charge is 0.404 e. The molecule has 0 unspecified atom stereocenters. The molecule has 2 N–H and O–H groups in total. The number of nitrogens with one attached hydrogen (secondary N) is 1. The van der Waals surface area contributed by atoms with Gasteiger partial charge in [-0.2, -0.15) is 0 Å². The Morgan fingerprint density at radius 3 is 2.44 bits per heavy atom. The Hall–Kier alpha value is -2.15. The molecule has 0 aromatic heterocycles. The first kappa shape index (κ1) is 13.9. The van der Waals surface area contributed by atoms with Gasteiger partial charge in [0.2, 0.25) is 0 Å². The second kappa shape index (κ2) is 5.97. The summed E-state index contributed by atoms with van der Waals surface area (Å²) in [5, 5.41) is 10.9. The van der Waals surface area contributed by atoms with E-state index in [-0.39, 0.29) is 0 Å². The number of nitrogens with zero attached hydrogens (tertiary/aromatic N) is 1. The Bertz CT molecular complexity index is 466. The van der Waals surface area contributed by atoms with Crippen LogP contribution in [0.1, 0.15) is 16.7 Å². The number of anilines is 1. The molecule has 0 aliphatic rings. The lowest BCUT2D eigenvalue weighted by molar-refractivity contribution is 0.194. The van der Waals surface area contributed by atoms with Crippen LogP contribution in [-0.4, -0.2) is 24.8 Å². The third kappa shape index (κ3) is 3.42. The van der Waals surface area contributed by atoms with Gasteiger partial charge in [-0.25, -0.2) is 4.79 Å². The Morgan fingerprint density at radius 1 is 1.44 bits per heavy atom. The van der Waals surface area contributed by atoms with Gasteiger partial charge in [0.1, 0.15) is 0 Å². The second-order valence-electron chi connectivity index (χ2n) is 4.30. The standard InChI is InChI=1S/C14H18N2O2/c1-5-6-16(4)13-10(2)7-12(8-11(13)3)9-15-14(17)18/h1,7-8,15H,6,9H2,2-4H3,(H,17,18). The van der Waals surface area contributed by atoms with Gasteiger partial charge in [0.15, 0.2) is 0 Å². The number of rotatable bonds is 4. The third-order valence-corrected chi connectivity index (χ3v) is 2.70. The molecular formula is C14H18N2O2. The molecule has 0 spiro atoms. The Balaban J connectivity index is 2.97. The molecule has 1 amide bonds. The van der Waals surface area contributed by atoms with Crippen LogP contribution >= 0.6 is 0 Å². The summed E-state index contributed by atoms with van der Waals surface area (Å²) in [6.45, 7) is 4.86. The van der Waals surface area contributed by atoms with Crippen LogP contribution in [0.15, 0.2) is 12.1 Å². The van der Waals surface area contributed by atoms with E-state index in [1.165, 1.54) is 0 Å². The van der Waals surface area contributed by atoms with Crippen molar-refractivity contribution in [2.45, 2.75) is 20.4 Å². The Morgan fingerprint density at radius 2 is 2.00 bits per heavy atom. The molecule has 0 bridgehead atoms. The van der Waals surface area contributed by atoms with Gasteiger partial charge in [0.25, 0.3) is 0 Å².